The van der Waals surface area contributed by atoms with Crippen molar-refractivity contribution in [3.8, 4) is 0 Å². The van der Waals surface area contributed by atoms with Crippen LogP contribution in [0.3, 0.4) is 0 Å². The van der Waals surface area contributed by atoms with E-state index in [4.69, 9.17) is 11.6 Å². The number of halogens is 1. The van der Waals surface area contributed by atoms with Crippen molar-refractivity contribution in [3.05, 3.63) is 53.6 Å². The molecule has 1 fully saturated rings. The number of hydrogen-bond acceptors (Lipinski definition) is 4. The number of hydrogen-bond donors (Lipinski definition) is 2. The van der Waals surface area contributed by atoms with Gasteiger partial charge < -0.3 is 10.6 Å². The molecule has 2 aromatic carbocycles. The van der Waals surface area contributed by atoms with Crippen molar-refractivity contribution in [2.45, 2.75) is 24.2 Å². The van der Waals surface area contributed by atoms with Gasteiger partial charge in [0.2, 0.25) is 15.9 Å². The van der Waals surface area contributed by atoms with Crippen molar-refractivity contribution in [1.29, 1.82) is 0 Å². The molecule has 1 aliphatic heterocycles. The van der Waals surface area contributed by atoms with E-state index in [2.05, 4.69) is 10.6 Å². The SMILES string of the molecule is O=C(CNc1cccc(Cl)c1)Nc1ccc(S(=O)(=O)N2CCCCC2)cc1. The Morgan fingerprint density at radius 1 is 1.00 bits per heavy atom. The van der Waals surface area contributed by atoms with Crippen molar-refractivity contribution >= 4 is 38.9 Å². The largest absolute Gasteiger partial charge is 0.376 e. The highest BCUT2D eigenvalue weighted by atomic mass is 35.5. The first-order valence-electron chi connectivity index (χ1n) is 8.85. The molecule has 0 spiro atoms. The van der Waals surface area contributed by atoms with E-state index in [-0.39, 0.29) is 17.3 Å². The Kier molecular flexibility index (Phi) is 6.36. The number of carbonyl (C=O) groups excluding carboxylic acids is 1. The van der Waals surface area contributed by atoms with E-state index in [9.17, 15) is 13.2 Å². The predicted octanol–water partition coefficient (Wildman–Crippen LogP) is 3.57. The van der Waals surface area contributed by atoms with Gasteiger partial charge in [0, 0.05) is 29.5 Å². The summed E-state index contributed by atoms with van der Waals surface area (Å²) in [5, 5.41) is 6.32. The molecular formula is C19H22ClN3O3S. The smallest absolute Gasteiger partial charge is 0.243 e. The molecule has 0 bridgehead atoms. The third-order valence-corrected chi connectivity index (χ3v) is 6.52. The summed E-state index contributed by atoms with van der Waals surface area (Å²) in [5.41, 5.74) is 1.30. The second kappa shape index (κ2) is 8.73. The molecule has 144 valence electrons. The molecule has 0 aromatic heterocycles. The Morgan fingerprint density at radius 2 is 1.70 bits per heavy atom. The maximum Gasteiger partial charge on any atom is 0.243 e. The van der Waals surface area contributed by atoms with Gasteiger partial charge in [-0.05, 0) is 55.3 Å². The summed E-state index contributed by atoms with van der Waals surface area (Å²) in [6, 6.07) is 13.4. The monoisotopic (exact) mass is 407 g/mol. The molecule has 2 N–H and O–H groups in total. The molecule has 3 rings (SSSR count). The summed E-state index contributed by atoms with van der Waals surface area (Å²) in [6.07, 6.45) is 2.86. The van der Waals surface area contributed by atoms with Gasteiger partial charge in [-0.2, -0.15) is 4.31 Å². The molecule has 1 heterocycles. The second-order valence-electron chi connectivity index (χ2n) is 6.40. The van der Waals surface area contributed by atoms with Gasteiger partial charge in [-0.15, -0.1) is 0 Å². The third kappa shape index (κ3) is 5.22. The Morgan fingerprint density at radius 3 is 2.37 bits per heavy atom. The molecule has 2 aromatic rings. The lowest BCUT2D eigenvalue weighted by Gasteiger charge is -2.25. The van der Waals surface area contributed by atoms with Gasteiger partial charge in [-0.25, -0.2) is 8.42 Å². The summed E-state index contributed by atoms with van der Waals surface area (Å²) in [6.45, 7) is 1.21. The van der Waals surface area contributed by atoms with Gasteiger partial charge >= 0.3 is 0 Å². The number of anilines is 2. The van der Waals surface area contributed by atoms with E-state index >= 15 is 0 Å². The van der Waals surface area contributed by atoms with Crippen molar-refractivity contribution < 1.29 is 13.2 Å². The molecule has 0 saturated carbocycles. The Balaban J connectivity index is 1.57. The number of amides is 1. The fourth-order valence-corrected chi connectivity index (χ4v) is 4.66. The van der Waals surface area contributed by atoms with E-state index in [0.29, 0.717) is 23.8 Å². The average molecular weight is 408 g/mol. The molecule has 6 nitrogen and oxygen atoms in total. The van der Waals surface area contributed by atoms with Crippen molar-refractivity contribution in [2.24, 2.45) is 0 Å². The minimum Gasteiger partial charge on any atom is -0.376 e. The maximum absolute atomic E-state index is 12.6. The van der Waals surface area contributed by atoms with Crippen LogP contribution in [0.15, 0.2) is 53.4 Å². The second-order valence-corrected chi connectivity index (χ2v) is 8.78. The van der Waals surface area contributed by atoms with E-state index in [0.717, 1.165) is 24.9 Å². The minimum atomic E-state index is -3.46. The molecule has 27 heavy (non-hydrogen) atoms. The van der Waals surface area contributed by atoms with E-state index in [1.165, 1.54) is 16.4 Å². The van der Waals surface area contributed by atoms with Crippen LogP contribution in [0.1, 0.15) is 19.3 Å². The quantitative estimate of drug-likeness (QED) is 0.767. The molecule has 1 aliphatic rings. The van der Waals surface area contributed by atoms with Crippen LogP contribution in [0.4, 0.5) is 11.4 Å². The Hall–Kier alpha value is -2.09. The average Bonchev–Trinajstić information content (AvgIpc) is 2.68. The van der Waals surface area contributed by atoms with Gasteiger partial charge in [-0.1, -0.05) is 24.1 Å². The number of sulfonamides is 1. The molecule has 0 atom stereocenters. The number of nitrogens with zero attached hydrogens (tertiary/aromatic N) is 1. The Labute approximate surface area is 164 Å². The van der Waals surface area contributed by atoms with Crippen LogP contribution < -0.4 is 10.6 Å². The van der Waals surface area contributed by atoms with Crippen LogP contribution in [-0.2, 0) is 14.8 Å². The summed E-state index contributed by atoms with van der Waals surface area (Å²) in [4.78, 5) is 12.3. The van der Waals surface area contributed by atoms with Crippen molar-refractivity contribution in [3.63, 3.8) is 0 Å². The molecule has 0 aliphatic carbocycles. The summed E-state index contributed by atoms with van der Waals surface area (Å²) in [7, 11) is -3.46. The molecule has 1 saturated heterocycles. The fraction of sp³-hybridized carbons (Fsp3) is 0.316. The zero-order valence-corrected chi connectivity index (χ0v) is 16.4. The fourth-order valence-electron chi connectivity index (χ4n) is 2.95. The first-order chi connectivity index (χ1) is 12.9. The van der Waals surface area contributed by atoms with Gasteiger partial charge in [0.15, 0.2) is 0 Å². The van der Waals surface area contributed by atoms with Crippen molar-refractivity contribution in [1.82, 2.24) is 4.31 Å². The number of rotatable bonds is 6. The van der Waals surface area contributed by atoms with Gasteiger partial charge in [0.05, 0.1) is 11.4 Å². The van der Waals surface area contributed by atoms with Crippen LogP contribution in [0.25, 0.3) is 0 Å². The molecule has 0 radical (unpaired) electrons. The van der Waals surface area contributed by atoms with Crippen molar-refractivity contribution in [2.75, 3.05) is 30.3 Å². The van der Waals surface area contributed by atoms with E-state index in [1.807, 2.05) is 6.07 Å². The van der Waals surface area contributed by atoms with E-state index in [1.54, 1.807) is 30.3 Å². The lowest BCUT2D eigenvalue weighted by molar-refractivity contribution is -0.114. The van der Waals surface area contributed by atoms with Gasteiger partial charge in [-0.3, -0.25) is 4.79 Å². The first kappa shape index (κ1) is 19.7. The highest BCUT2D eigenvalue weighted by Crippen LogP contribution is 2.22. The van der Waals surface area contributed by atoms with Crippen LogP contribution in [0, 0.1) is 0 Å². The summed E-state index contributed by atoms with van der Waals surface area (Å²) >= 11 is 5.90. The van der Waals surface area contributed by atoms with Crippen LogP contribution in [0.5, 0.6) is 0 Å². The van der Waals surface area contributed by atoms with Crippen LogP contribution in [-0.4, -0.2) is 38.3 Å². The maximum atomic E-state index is 12.6. The molecule has 0 unspecified atom stereocenters. The summed E-state index contributed by atoms with van der Waals surface area (Å²) in [5.74, 6) is -0.235. The van der Waals surface area contributed by atoms with Crippen LogP contribution in [0.2, 0.25) is 5.02 Å². The zero-order valence-electron chi connectivity index (χ0n) is 14.8. The molecule has 1 amide bonds. The molecule has 8 heteroatoms. The third-order valence-electron chi connectivity index (χ3n) is 4.37. The molecular weight excluding hydrogens is 386 g/mol. The number of nitrogens with one attached hydrogen (secondary N) is 2. The lowest BCUT2D eigenvalue weighted by Crippen LogP contribution is -2.35. The Bertz CT molecular complexity index is 895. The predicted molar refractivity (Wildman–Crippen MR) is 108 cm³/mol. The highest BCUT2D eigenvalue weighted by Gasteiger charge is 2.25. The zero-order chi connectivity index (χ0) is 19.3. The number of piperidine rings is 1. The first-order valence-corrected chi connectivity index (χ1v) is 10.7. The van der Waals surface area contributed by atoms with Gasteiger partial charge in [0.1, 0.15) is 0 Å². The van der Waals surface area contributed by atoms with Gasteiger partial charge in [0.25, 0.3) is 0 Å². The van der Waals surface area contributed by atoms with E-state index < -0.39 is 10.0 Å². The standard InChI is InChI=1S/C19H22ClN3O3S/c20-15-5-4-6-17(13-15)21-14-19(24)22-16-7-9-18(10-8-16)27(25,26)23-11-2-1-3-12-23/h4-10,13,21H,1-3,11-12,14H2,(H,22,24). The topological polar surface area (TPSA) is 78.5 Å². The normalized spacial score (nSPS) is 15.3. The summed E-state index contributed by atoms with van der Waals surface area (Å²) < 4.78 is 26.8. The lowest BCUT2D eigenvalue weighted by atomic mass is 10.2. The number of carbonyl (C=O) groups is 1. The highest BCUT2D eigenvalue weighted by molar-refractivity contribution is 7.89. The van der Waals surface area contributed by atoms with Crippen LogP contribution >= 0.6 is 11.6 Å². The minimum absolute atomic E-state index is 0.0775. The number of benzene rings is 2.